The monoisotopic (exact) mass is 260 g/mol. The van der Waals surface area contributed by atoms with Gasteiger partial charge in [-0.1, -0.05) is 11.6 Å². The zero-order valence-electron chi connectivity index (χ0n) is 8.90. The average molecular weight is 261 g/mol. The Balaban J connectivity index is 1.95. The maximum atomic E-state index is 13.3. The number of amides is 1. The van der Waals surface area contributed by atoms with Crippen LogP contribution in [0.15, 0.2) is 12.1 Å². The summed E-state index contributed by atoms with van der Waals surface area (Å²) in [5.74, 6) is -1.79. The summed E-state index contributed by atoms with van der Waals surface area (Å²) in [6.07, 6.45) is 1.97. The van der Waals surface area contributed by atoms with Crippen molar-refractivity contribution < 1.29 is 13.6 Å². The van der Waals surface area contributed by atoms with Crippen molar-refractivity contribution in [1.29, 1.82) is 0 Å². The summed E-state index contributed by atoms with van der Waals surface area (Å²) in [6, 6.07) is 1.96. The van der Waals surface area contributed by atoms with Gasteiger partial charge in [-0.25, -0.2) is 8.78 Å². The van der Waals surface area contributed by atoms with Crippen LogP contribution in [0.4, 0.5) is 14.5 Å². The minimum Gasteiger partial charge on any atom is -0.373 e. The fourth-order valence-electron chi connectivity index (χ4n) is 1.39. The Morgan fingerprint density at radius 2 is 2.12 bits per heavy atom. The molecule has 0 heterocycles. The fraction of sp³-hybridized carbons (Fsp3) is 0.364. The van der Waals surface area contributed by atoms with Crippen LogP contribution in [-0.4, -0.2) is 18.5 Å². The van der Waals surface area contributed by atoms with E-state index in [0.29, 0.717) is 6.07 Å². The van der Waals surface area contributed by atoms with Crippen molar-refractivity contribution in [3.8, 4) is 0 Å². The third-order valence-electron chi connectivity index (χ3n) is 2.38. The molecule has 0 atom stereocenters. The van der Waals surface area contributed by atoms with Gasteiger partial charge in [-0.2, -0.15) is 0 Å². The van der Waals surface area contributed by atoms with E-state index >= 15 is 0 Å². The van der Waals surface area contributed by atoms with Crippen LogP contribution >= 0.6 is 11.6 Å². The van der Waals surface area contributed by atoms with Crippen molar-refractivity contribution in [2.45, 2.75) is 18.9 Å². The number of anilines is 1. The van der Waals surface area contributed by atoms with Gasteiger partial charge in [0, 0.05) is 12.1 Å². The number of carbonyl (C=O) groups is 1. The molecule has 0 unspecified atom stereocenters. The first-order valence-electron chi connectivity index (χ1n) is 5.24. The molecule has 2 rings (SSSR count). The Labute approximate surface area is 102 Å². The number of nitrogens with one attached hydrogen (secondary N) is 2. The van der Waals surface area contributed by atoms with E-state index in [1.165, 1.54) is 0 Å². The van der Waals surface area contributed by atoms with E-state index in [4.69, 9.17) is 11.6 Å². The first-order chi connectivity index (χ1) is 8.06. The number of hydrogen-bond acceptors (Lipinski definition) is 2. The SMILES string of the molecule is O=C(CNc1c(F)cc(F)cc1Cl)NC1CC1. The Morgan fingerprint density at radius 3 is 2.71 bits per heavy atom. The van der Waals surface area contributed by atoms with Crippen LogP contribution < -0.4 is 10.6 Å². The summed E-state index contributed by atoms with van der Waals surface area (Å²) >= 11 is 5.66. The molecule has 0 aliphatic heterocycles. The Bertz CT molecular complexity index is 426. The summed E-state index contributed by atoms with van der Waals surface area (Å²) in [7, 11) is 0. The zero-order chi connectivity index (χ0) is 12.4. The van der Waals surface area contributed by atoms with Crippen molar-refractivity contribution >= 4 is 23.2 Å². The van der Waals surface area contributed by atoms with Crippen molar-refractivity contribution in [2.24, 2.45) is 0 Å². The van der Waals surface area contributed by atoms with E-state index in [0.717, 1.165) is 18.9 Å². The number of rotatable bonds is 4. The lowest BCUT2D eigenvalue weighted by molar-refractivity contribution is -0.119. The molecular formula is C11H11ClF2N2O. The number of hydrogen-bond donors (Lipinski definition) is 2. The molecule has 0 aromatic heterocycles. The lowest BCUT2D eigenvalue weighted by Crippen LogP contribution is -2.31. The normalized spacial score (nSPS) is 14.5. The van der Waals surface area contributed by atoms with Gasteiger partial charge in [-0.15, -0.1) is 0 Å². The van der Waals surface area contributed by atoms with Crippen LogP contribution in [0.25, 0.3) is 0 Å². The highest BCUT2D eigenvalue weighted by Gasteiger charge is 2.23. The van der Waals surface area contributed by atoms with E-state index in [9.17, 15) is 13.6 Å². The van der Waals surface area contributed by atoms with Crippen molar-refractivity contribution in [2.75, 3.05) is 11.9 Å². The average Bonchev–Trinajstić information content (AvgIpc) is 2.99. The highest BCUT2D eigenvalue weighted by Crippen LogP contribution is 2.26. The van der Waals surface area contributed by atoms with Crippen molar-refractivity contribution in [3.63, 3.8) is 0 Å². The van der Waals surface area contributed by atoms with Gasteiger partial charge in [0.25, 0.3) is 0 Å². The quantitative estimate of drug-likeness (QED) is 0.872. The largest absolute Gasteiger partial charge is 0.373 e. The van der Waals surface area contributed by atoms with Crippen molar-refractivity contribution in [3.05, 3.63) is 28.8 Å². The molecule has 0 bridgehead atoms. The predicted molar refractivity (Wildman–Crippen MR) is 61.0 cm³/mol. The number of carbonyl (C=O) groups excluding carboxylic acids is 1. The minimum atomic E-state index is -0.811. The van der Waals surface area contributed by atoms with Gasteiger partial charge in [0.2, 0.25) is 5.91 Å². The molecule has 1 aromatic rings. The van der Waals surface area contributed by atoms with Gasteiger partial charge in [-0.3, -0.25) is 4.79 Å². The molecule has 1 amide bonds. The van der Waals surface area contributed by atoms with Gasteiger partial charge < -0.3 is 10.6 Å². The highest BCUT2D eigenvalue weighted by atomic mass is 35.5. The third-order valence-corrected chi connectivity index (χ3v) is 2.67. The molecular weight excluding hydrogens is 250 g/mol. The standard InChI is InChI=1S/C11H11ClF2N2O/c12-8-3-6(13)4-9(14)11(8)15-5-10(17)16-7-1-2-7/h3-4,7,15H,1-2,5H2,(H,16,17). The molecule has 2 N–H and O–H groups in total. The van der Waals surface area contributed by atoms with Gasteiger partial charge in [0.05, 0.1) is 17.3 Å². The Morgan fingerprint density at radius 1 is 1.41 bits per heavy atom. The van der Waals surface area contributed by atoms with Gasteiger partial charge in [0.1, 0.15) is 5.82 Å². The second-order valence-corrected chi connectivity index (χ2v) is 4.35. The second kappa shape index (κ2) is 4.87. The smallest absolute Gasteiger partial charge is 0.239 e. The van der Waals surface area contributed by atoms with Crippen LogP contribution in [0.1, 0.15) is 12.8 Å². The maximum absolute atomic E-state index is 13.3. The Hall–Kier alpha value is -1.36. The summed E-state index contributed by atoms with van der Waals surface area (Å²) in [6.45, 7) is -0.0846. The third kappa shape index (κ3) is 3.30. The van der Waals surface area contributed by atoms with Crippen LogP contribution in [0, 0.1) is 11.6 Å². The van der Waals surface area contributed by atoms with E-state index in [1.54, 1.807) is 0 Å². The molecule has 17 heavy (non-hydrogen) atoms. The van der Waals surface area contributed by atoms with E-state index in [2.05, 4.69) is 10.6 Å². The molecule has 0 radical (unpaired) electrons. The van der Waals surface area contributed by atoms with Crippen LogP contribution in [-0.2, 0) is 4.79 Å². The van der Waals surface area contributed by atoms with Crippen LogP contribution in [0.3, 0.4) is 0 Å². The molecule has 1 aliphatic carbocycles. The molecule has 1 saturated carbocycles. The lowest BCUT2D eigenvalue weighted by Gasteiger charge is -2.09. The molecule has 0 saturated heterocycles. The zero-order valence-corrected chi connectivity index (χ0v) is 9.65. The number of halogens is 3. The summed E-state index contributed by atoms with van der Waals surface area (Å²) < 4.78 is 26.1. The summed E-state index contributed by atoms with van der Waals surface area (Å²) in [4.78, 5) is 11.3. The summed E-state index contributed by atoms with van der Waals surface area (Å²) in [5.41, 5.74) is -0.0565. The molecule has 1 fully saturated rings. The van der Waals surface area contributed by atoms with Gasteiger partial charge in [-0.05, 0) is 18.9 Å². The number of benzene rings is 1. The predicted octanol–water partition coefficient (Wildman–Crippen LogP) is 2.31. The van der Waals surface area contributed by atoms with E-state index in [1.807, 2.05) is 0 Å². The summed E-state index contributed by atoms with van der Waals surface area (Å²) in [5, 5.41) is 5.21. The van der Waals surface area contributed by atoms with Crippen LogP contribution in [0.2, 0.25) is 5.02 Å². The maximum Gasteiger partial charge on any atom is 0.239 e. The topological polar surface area (TPSA) is 41.1 Å². The minimum absolute atomic E-state index is 0.0565. The molecule has 1 aromatic carbocycles. The van der Waals surface area contributed by atoms with Gasteiger partial charge in [0.15, 0.2) is 5.82 Å². The van der Waals surface area contributed by atoms with Crippen molar-refractivity contribution in [1.82, 2.24) is 5.32 Å². The lowest BCUT2D eigenvalue weighted by atomic mass is 10.3. The Kier molecular flexibility index (Phi) is 3.47. The molecule has 92 valence electrons. The molecule has 1 aliphatic rings. The first-order valence-corrected chi connectivity index (χ1v) is 5.62. The first kappa shape index (κ1) is 12.1. The van der Waals surface area contributed by atoms with E-state index < -0.39 is 11.6 Å². The molecule has 6 heteroatoms. The van der Waals surface area contributed by atoms with E-state index in [-0.39, 0.29) is 29.2 Å². The van der Waals surface area contributed by atoms with Crippen LogP contribution in [0.5, 0.6) is 0 Å². The van der Waals surface area contributed by atoms with Gasteiger partial charge >= 0.3 is 0 Å². The second-order valence-electron chi connectivity index (χ2n) is 3.94. The molecule has 3 nitrogen and oxygen atoms in total. The highest BCUT2D eigenvalue weighted by molar-refractivity contribution is 6.33. The molecule has 0 spiro atoms. The fourth-order valence-corrected chi connectivity index (χ4v) is 1.65.